The van der Waals surface area contributed by atoms with Gasteiger partial charge in [-0.2, -0.15) is 0 Å². The van der Waals surface area contributed by atoms with E-state index in [0.717, 1.165) is 16.5 Å². The number of benzene rings is 1. The second-order valence-corrected chi connectivity index (χ2v) is 6.02. The van der Waals surface area contributed by atoms with E-state index >= 15 is 0 Å². The van der Waals surface area contributed by atoms with Crippen molar-refractivity contribution >= 4 is 27.4 Å². The van der Waals surface area contributed by atoms with Crippen LogP contribution in [0.1, 0.15) is 24.3 Å². The van der Waals surface area contributed by atoms with Crippen LogP contribution in [-0.4, -0.2) is 11.8 Å². The van der Waals surface area contributed by atoms with Crippen molar-refractivity contribution in [2.45, 2.75) is 24.8 Å². The fraction of sp³-hybridized carbons (Fsp3) is 0.267. The van der Waals surface area contributed by atoms with Crippen LogP contribution in [0.15, 0.2) is 46.0 Å². The van der Waals surface area contributed by atoms with E-state index in [2.05, 4.69) is 45.5 Å². The van der Waals surface area contributed by atoms with E-state index in [0.29, 0.717) is 24.2 Å². The lowest BCUT2D eigenvalue weighted by molar-refractivity contribution is -0.114. The molecule has 18 heavy (non-hydrogen) atoms. The van der Waals surface area contributed by atoms with Crippen LogP contribution < -0.4 is 5.32 Å². The summed E-state index contributed by atoms with van der Waals surface area (Å²) in [6.07, 6.45) is 5.76. The maximum absolute atomic E-state index is 11.8. The quantitative estimate of drug-likeness (QED) is 0.794. The number of ketones is 1. The van der Waals surface area contributed by atoms with Crippen molar-refractivity contribution in [1.29, 1.82) is 0 Å². The summed E-state index contributed by atoms with van der Waals surface area (Å²) in [5, 5.41) is 3.54. The first kappa shape index (κ1) is 10.6. The molecular formula is C15H12BrNO. The monoisotopic (exact) mass is 301 g/mol. The number of fused-ring (bicyclic) bond motifs is 4. The third-order valence-electron chi connectivity index (χ3n) is 4.14. The number of rotatable bonds is 0. The number of carbonyl (C=O) groups is 1. The standard InChI is InChI=1S/C15H12BrNO/c16-8-1-4-12-11(7-8)15-10-3-6-14(18)9(10)2-5-13(15)17-12/h1-2,4-5,7,13,15,17H,3,6H2. The maximum Gasteiger partial charge on any atom is 0.163 e. The van der Waals surface area contributed by atoms with E-state index in [9.17, 15) is 4.79 Å². The molecule has 3 aliphatic rings. The molecule has 1 aromatic carbocycles. The van der Waals surface area contributed by atoms with Crippen molar-refractivity contribution < 1.29 is 4.79 Å². The molecule has 3 heteroatoms. The number of hydrogen-bond acceptors (Lipinski definition) is 2. The Kier molecular flexibility index (Phi) is 2.10. The van der Waals surface area contributed by atoms with Crippen molar-refractivity contribution in [3.8, 4) is 0 Å². The minimum Gasteiger partial charge on any atom is -0.378 e. The highest BCUT2D eigenvalue weighted by molar-refractivity contribution is 9.10. The number of Topliss-reactive ketones (excluding diaryl/α,β-unsaturated/α-hetero) is 1. The number of hydrogen-bond donors (Lipinski definition) is 1. The first-order chi connectivity index (χ1) is 8.74. The summed E-state index contributed by atoms with van der Waals surface area (Å²) >= 11 is 3.54. The van der Waals surface area contributed by atoms with Crippen LogP contribution in [-0.2, 0) is 4.79 Å². The molecule has 2 aliphatic carbocycles. The molecule has 0 bridgehead atoms. The molecule has 2 atom stereocenters. The average molecular weight is 302 g/mol. The van der Waals surface area contributed by atoms with Crippen LogP contribution in [0.3, 0.4) is 0 Å². The lowest BCUT2D eigenvalue weighted by Crippen LogP contribution is -2.22. The average Bonchev–Trinajstić information content (AvgIpc) is 2.90. The number of halogens is 1. The zero-order valence-electron chi connectivity index (χ0n) is 9.74. The van der Waals surface area contributed by atoms with Gasteiger partial charge in [0.25, 0.3) is 0 Å². The lowest BCUT2D eigenvalue weighted by Gasteiger charge is -2.23. The first-order valence-electron chi connectivity index (χ1n) is 6.24. The normalized spacial score (nSPS) is 27.9. The Balaban J connectivity index is 1.89. The number of carbonyl (C=O) groups excluding carboxylic acids is 1. The Bertz CT molecular complexity index is 629. The van der Waals surface area contributed by atoms with Crippen molar-refractivity contribution in [3.63, 3.8) is 0 Å². The van der Waals surface area contributed by atoms with E-state index in [1.54, 1.807) is 0 Å². The predicted octanol–water partition coefficient (Wildman–Crippen LogP) is 3.56. The van der Waals surface area contributed by atoms with Crippen LogP contribution in [0.4, 0.5) is 5.69 Å². The molecular weight excluding hydrogens is 290 g/mol. The van der Waals surface area contributed by atoms with Gasteiger partial charge in [-0.05, 0) is 35.8 Å². The molecule has 90 valence electrons. The molecule has 1 N–H and O–H groups in total. The molecule has 2 unspecified atom stereocenters. The number of allylic oxidation sites excluding steroid dienone is 2. The van der Waals surface area contributed by atoms with Gasteiger partial charge in [0.1, 0.15) is 0 Å². The van der Waals surface area contributed by atoms with Crippen LogP contribution in [0, 0.1) is 0 Å². The molecule has 0 fully saturated rings. The van der Waals surface area contributed by atoms with Gasteiger partial charge in [-0.1, -0.05) is 28.1 Å². The van der Waals surface area contributed by atoms with Crippen molar-refractivity contribution in [3.05, 3.63) is 51.5 Å². The largest absolute Gasteiger partial charge is 0.378 e. The van der Waals surface area contributed by atoms with Gasteiger partial charge in [0, 0.05) is 28.1 Å². The first-order valence-corrected chi connectivity index (χ1v) is 7.04. The molecule has 1 aromatic rings. The van der Waals surface area contributed by atoms with Gasteiger partial charge >= 0.3 is 0 Å². The molecule has 0 amide bonds. The molecule has 0 saturated carbocycles. The van der Waals surface area contributed by atoms with Gasteiger partial charge in [0.15, 0.2) is 5.78 Å². The topological polar surface area (TPSA) is 29.1 Å². The van der Waals surface area contributed by atoms with Crippen LogP contribution in [0.25, 0.3) is 0 Å². The predicted molar refractivity (Wildman–Crippen MR) is 74.7 cm³/mol. The third-order valence-corrected chi connectivity index (χ3v) is 4.64. The highest BCUT2D eigenvalue weighted by Crippen LogP contribution is 2.48. The summed E-state index contributed by atoms with van der Waals surface area (Å²) in [4.78, 5) is 11.8. The molecule has 2 nitrogen and oxygen atoms in total. The molecule has 0 radical (unpaired) electrons. The maximum atomic E-state index is 11.8. The van der Waals surface area contributed by atoms with Crippen LogP contribution in [0.2, 0.25) is 0 Å². The van der Waals surface area contributed by atoms with E-state index in [4.69, 9.17) is 0 Å². The summed E-state index contributed by atoms with van der Waals surface area (Å²) in [7, 11) is 0. The van der Waals surface area contributed by atoms with Crippen LogP contribution >= 0.6 is 15.9 Å². The fourth-order valence-corrected chi connectivity index (χ4v) is 3.74. The third kappa shape index (κ3) is 1.31. The second kappa shape index (κ2) is 3.58. The molecule has 0 aromatic heterocycles. The minimum absolute atomic E-state index is 0.308. The number of anilines is 1. The van der Waals surface area contributed by atoms with Gasteiger partial charge in [-0.3, -0.25) is 4.79 Å². The van der Waals surface area contributed by atoms with Gasteiger partial charge in [-0.25, -0.2) is 0 Å². The van der Waals surface area contributed by atoms with Gasteiger partial charge < -0.3 is 5.32 Å². The Morgan fingerprint density at radius 2 is 2.17 bits per heavy atom. The summed E-state index contributed by atoms with van der Waals surface area (Å²) in [5.41, 5.74) is 4.81. The Morgan fingerprint density at radius 3 is 3.06 bits per heavy atom. The lowest BCUT2D eigenvalue weighted by atomic mass is 9.82. The highest BCUT2D eigenvalue weighted by atomic mass is 79.9. The van der Waals surface area contributed by atoms with Crippen molar-refractivity contribution in [2.75, 3.05) is 5.32 Å². The zero-order valence-corrected chi connectivity index (χ0v) is 11.3. The van der Waals surface area contributed by atoms with E-state index in [-0.39, 0.29) is 0 Å². The van der Waals surface area contributed by atoms with Crippen molar-refractivity contribution in [2.24, 2.45) is 0 Å². The van der Waals surface area contributed by atoms with E-state index in [1.165, 1.54) is 16.8 Å². The SMILES string of the molecule is O=C1CCC2=C1C=CC1Nc3ccc(Br)cc3C21. The van der Waals surface area contributed by atoms with Gasteiger partial charge in [-0.15, -0.1) is 0 Å². The van der Waals surface area contributed by atoms with E-state index < -0.39 is 0 Å². The molecule has 0 saturated heterocycles. The van der Waals surface area contributed by atoms with Gasteiger partial charge in [0.2, 0.25) is 0 Å². The van der Waals surface area contributed by atoms with Crippen molar-refractivity contribution in [1.82, 2.24) is 0 Å². The Morgan fingerprint density at radius 1 is 1.28 bits per heavy atom. The molecule has 4 rings (SSSR count). The highest BCUT2D eigenvalue weighted by Gasteiger charge is 2.39. The van der Waals surface area contributed by atoms with Crippen LogP contribution in [0.5, 0.6) is 0 Å². The summed E-state index contributed by atoms with van der Waals surface area (Å²) < 4.78 is 1.10. The molecule has 1 aliphatic heterocycles. The summed E-state index contributed by atoms with van der Waals surface area (Å²) in [5.74, 6) is 0.659. The zero-order chi connectivity index (χ0) is 12.3. The minimum atomic E-state index is 0.308. The molecule has 1 heterocycles. The smallest absolute Gasteiger partial charge is 0.163 e. The van der Waals surface area contributed by atoms with E-state index in [1.807, 2.05) is 6.08 Å². The summed E-state index contributed by atoms with van der Waals surface area (Å²) in [6.45, 7) is 0. The Labute approximate surface area is 114 Å². The second-order valence-electron chi connectivity index (χ2n) is 5.10. The summed E-state index contributed by atoms with van der Waals surface area (Å²) in [6, 6.07) is 6.67. The van der Waals surface area contributed by atoms with Gasteiger partial charge in [0.05, 0.1) is 6.04 Å². The fourth-order valence-electron chi connectivity index (χ4n) is 3.36. The molecule has 0 spiro atoms. The number of nitrogens with one attached hydrogen (secondary N) is 1. The Hall–Kier alpha value is -1.35.